The largest absolute Gasteiger partial charge is 0.103 e. The lowest BCUT2D eigenvalue weighted by Gasteiger charge is -2.25. The van der Waals surface area contributed by atoms with Crippen molar-refractivity contribution >= 4 is 15.9 Å². The Kier molecular flexibility index (Phi) is 5.07. The van der Waals surface area contributed by atoms with E-state index < -0.39 is 0 Å². The molecule has 11 heavy (non-hydrogen) atoms. The van der Waals surface area contributed by atoms with Gasteiger partial charge in [-0.25, -0.2) is 0 Å². The smallest absolute Gasteiger partial charge is 0.0122 e. The fourth-order valence-electron chi connectivity index (χ4n) is 1.36. The zero-order valence-corrected chi connectivity index (χ0v) is 9.45. The second-order valence-corrected chi connectivity index (χ2v) is 5.54. The van der Waals surface area contributed by atoms with E-state index in [1.807, 2.05) is 6.08 Å². The number of alkyl halides is 1. The predicted molar refractivity (Wildman–Crippen MR) is 56.2 cm³/mol. The molecule has 1 unspecified atom stereocenters. The molecule has 0 nitrogen and oxygen atoms in total. The van der Waals surface area contributed by atoms with Crippen LogP contribution >= 0.6 is 15.9 Å². The summed E-state index contributed by atoms with van der Waals surface area (Å²) in [6.45, 7) is 10.6. The summed E-state index contributed by atoms with van der Waals surface area (Å²) in [5, 5.41) is 0. The molecule has 0 aromatic heterocycles. The zero-order valence-electron chi connectivity index (χ0n) is 7.86. The van der Waals surface area contributed by atoms with Gasteiger partial charge in [0.1, 0.15) is 0 Å². The molecule has 0 saturated heterocycles. The lowest BCUT2D eigenvalue weighted by molar-refractivity contribution is 0.312. The lowest BCUT2D eigenvalue weighted by atomic mass is 9.83. The third-order valence-corrected chi connectivity index (χ3v) is 2.18. The van der Waals surface area contributed by atoms with Gasteiger partial charge in [-0.3, -0.25) is 0 Å². The summed E-state index contributed by atoms with van der Waals surface area (Å²) in [5.74, 6) is 0. The summed E-state index contributed by atoms with van der Waals surface area (Å²) < 4.78 is 0. The van der Waals surface area contributed by atoms with Crippen molar-refractivity contribution in [1.29, 1.82) is 0 Å². The first-order valence-electron chi connectivity index (χ1n) is 4.23. The zero-order chi connectivity index (χ0) is 8.91. The Balaban J connectivity index is 3.69. The molecule has 0 aliphatic rings. The highest BCUT2D eigenvalue weighted by Crippen LogP contribution is 2.30. The lowest BCUT2D eigenvalue weighted by Crippen LogP contribution is -2.14. The van der Waals surface area contributed by atoms with Crippen LogP contribution in [0.1, 0.15) is 40.0 Å². The van der Waals surface area contributed by atoms with Gasteiger partial charge in [-0.15, -0.1) is 6.58 Å². The van der Waals surface area contributed by atoms with E-state index >= 15 is 0 Å². The summed E-state index contributed by atoms with van der Waals surface area (Å²) in [7, 11) is 0. The summed E-state index contributed by atoms with van der Waals surface area (Å²) in [5.41, 5.74) is 0.455. The van der Waals surface area contributed by atoms with Gasteiger partial charge in [-0.05, 0) is 24.7 Å². The fraction of sp³-hybridized carbons (Fsp3) is 0.800. The Bertz CT molecular complexity index is 114. The van der Waals surface area contributed by atoms with Crippen LogP contribution in [0.4, 0.5) is 0 Å². The van der Waals surface area contributed by atoms with Gasteiger partial charge in [0.2, 0.25) is 0 Å². The normalized spacial score (nSPS) is 14.5. The fourth-order valence-corrected chi connectivity index (χ4v) is 2.23. The number of halogens is 1. The van der Waals surface area contributed by atoms with Gasteiger partial charge in [0.25, 0.3) is 0 Å². The Morgan fingerprint density at radius 2 is 2.09 bits per heavy atom. The van der Waals surface area contributed by atoms with E-state index in [0.29, 0.717) is 10.2 Å². The molecule has 0 aromatic carbocycles. The second-order valence-electron chi connectivity index (χ2n) is 3.98. The maximum Gasteiger partial charge on any atom is 0.0122 e. The molecule has 0 saturated carbocycles. The first-order valence-corrected chi connectivity index (χ1v) is 5.14. The van der Waals surface area contributed by atoms with Crippen molar-refractivity contribution in [3.63, 3.8) is 0 Å². The third kappa shape index (κ3) is 6.61. The van der Waals surface area contributed by atoms with E-state index in [9.17, 15) is 0 Å². The van der Waals surface area contributed by atoms with Gasteiger partial charge in [-0.1, -0.05) is 42.8 Å². The minimum atomic E-state index is 0.455. The topological polar surface area (TPSA) is 0 Å². The van der Waals surface area contributed by atoms with Crippen molar-refractivity contribution < 1.29 is 0 Å². The van der Waals surface area contributed by atoms with E-state index in [0.717, 1.165) is 6.42 Å². The highest BCUT2D eigenvalue weighted by Gasteiger charge is 2.18. The van der Waals surface area contributed by atoms with Crippen molar-refractivity contribution in [3.05, 3.63) is 12.7 Å². The summed E-state index contributed by atoms with van der Waals surface area (Å²) >= 11 is 3.58. The van der Waals surface area contributed by atoms with Crippen molar-refractivity contribution in [2.75, 3.05) is 0 Å². The number of hydrogen-bond donors (Lipinski definition) is 0. The molecule has 0 bridgehead atoms. The molecule has 0 N–H and O–H groups in total. The molecule has 0 aromatic rings. The maximum atomic E-state index is 3.73. The second kappa shape index (κ2) is 4.97. The molecule has 1 atom stereocenters. The van der Waals surface area contributed by atoms with E-state index in [2.05, 4.69) is 43.3 Å². The number of hydrogen-bond acceptors (Lipinski definition) is 0. The van der Waals surface area contributed by atoms with E-state index in [1.54, 1.807) is 0 Å². The molecule has 0 fully saturated rings. The monoisotopic (exact) mass is 218 g/mol. The highest BCUT2D eigenvalue weighted by molar-refractivity contribution is 9.09. The SMILES string of the molecule is C=CCCC(C)(C)CC(C)Br. The van der Waals surface area contributed by atoms with Crippen LogP contribution < -0.4 is 0 Å². The first-order chi connectivity index (χ1) is 4.98. The van der Waals surface area contributed by atoms with Crippen LogP contribution in [0.15, 0.2) is 12.7 Å². The molecule has 0 spiro atoms. The van der Waals surface area contributed by atoms with Crippen LogP contribution in [0.25, 0.3) is 0 Å². The van der Waals surface area contributed by atoms with E-state index in [1.165, 1.54) is 12.8 Å². The van der Waals surface area contributed by atoms with Crippen molar-refractivity contribution in [3.8, 4) is 0 Å². The molecular weight excluding hydrogens is 200 g/mol. The third-order valence-electron chi connectivity index (χ3n) is 1.86. The first kappa shape index (κ1) is 11.2. The molecule has 0 heterocycles. The number of rotatable bonds is 5. The Morgan fingerprint density at radius 3 is 2.45 bits per heavy atom. The predicted octanol–water partition coefficient (Wildman–Crippen LogP) is 4.15. The van der Waals surface area contributed by atoms with E-state index in [-0.39, 0.29) is 0 Å². The van der Waals surface area contributed by atoms with E-state index in [4.69, 9.17) is 0 Å². The standard InChI is InChI=1S/C10H19Br/c1-5-6-7-10(3,4)8-9(2)11/h5,9H,1,6-8H2,2-4H3. The number of allylic oxidation sites excluding steroid dienone is 1. The summed E-state index contributed by atoms with van der Waals surface area (Å²) in [6.07, 6.45) is 5.61. The summed E-state index contributed by atoms with van der Waals surface area (Å²) in [4.78, 5) is 0.627. The van der Waals surface area contributed by atoms with Crippen molar-refractivity contribution in [2.24, 2.45) is 5.41 Å². The van der Waals surface area contributed by atoms with Gasteiger partial charge in [0, 0.05) is 4.83 Å². The highest BCUT2D eigenvalue weighted by atomic mass is 79.9. The van der Waals surface area contributed by atoms with Gasteiger partial charge in [-0.2, -0.15) is 0 Å². The molecule has 0 rings (SSSR count). The van der Waals surface area contributed by atoms with Gasteiger partial charge >= 0.3 is 0 Å². The molecule has 0 amide bonds. The van der Waals surface area contributed by atoms with Crippen molar-refractivity contribution in [2.45, 2.75) is 44.9 Å². The Hall–Kier alpha value is 0.220. The average molecular weight is 219 g/mol. The Labute approximate surface area is 79.2 Å². The van der Waals surface area contributed by atoms with Crippen molar-refractivity contribution in [1.82, 2.24) is 0 Å². The Morgan fingerprint density at radius 1 is 1.55 bits per heavy atom. The van der Waals surface area contributed by atoms with Gasteiger partial charge in [0.05, 0.1) is 0 Å². The van der Waals surface area contributed by atoms with Crippen LogP contribution in [0.3, 0.4) is 0 Å². The minimum Gasteiger partial charge on any atom is -0.103 e. The van der Waals surface area contributed by atoms with Gasteiger partial charge < -0.3 is 0 Å². The van der Waals surface area contributed by atoms with Crippen LogP contribution in [0.5, 0.6) is 0 Å². The maximum absolute atomic E-state index is 3.73. The average Bonchev–Trinajstić information content (AvgIpc) is 1.81. The molecule has 0 aliphatic heterocycles. The van der Waals surface area contributed by atoms with Crippen LogP contribution in [-0.4, -0.2) is 4.83 Å². The molecule has 0 radical (unpaired) electrons. The minimum absolute atomic E-state index is 0.455. The summed E-state index contributed by atoms with van der Waals surface area (Å²) in [6, 6.07) is 0. The van der Waals surface area contributed by atoms with Gasteiger partial charge in [0.15, 0.2) is 0 Å². The molecule has 66 valence electrons. The molecular formula is C10H19Br. The quantitative estimate of drug-likeness (QED) is 0.481. The van der Waals surface area contributed by atoms with Crippen LogP contribution in [0, 0.1) is 5.41 Å². The molecule has 0 aliphatic carbocycles. The van der Waals surface area contributed by atoms with Crippen LogP contribution in [0.2, 0.25) is 0 Å². The van der Waals surface area contributed by atoms with Crippen LogP contribution in [-0.2, 0) is 0 Å². The molecule has 1 heteroatoms.